The molecule has 0 atom stereocenters. The van der Waals surface area contributed by atoms with E-state index in [1.54, 1.807) is 7.11 Å². The first kappa shape index (κ1) is 13.4. The van der Waals surface area contributed by atoms with E-state index in [4.69, 9.17) is 14.6 Å². The van der Waals surface area contributed by atoms with Crippen molar-refractivity contribution in [2.45, 2.75) is 26.2 Å². The molecule has 0 aliphatic rings. The molecule has 0 unspecified atom stereocenters. The van der Waals surface area contributed by atoms with Crippen molar-refractivity contribution in [1.82, 2.24) is 0 Å². The van der Waals surface area contributed by atoms with Crippen molar-refractivity contribution in [3.8, 4) is 11.5 Å². The van der Waals surface area contributed by atoms with Crippen LogP contribution in [-0.2, 0) is 11.2 Å². The third kappa shape index (κ3) is 3.98. The van der Waals surface area contributed by atoms with Crippen LogP contribution in [0.3, 0.4) is 0 Å². The lowest BCUT2D eigenvalue weighted by Crippen LogP contribution is -2.02. The SMILES string of the molecule is CCCOc1cccc(CCC(=O)O)c1OC. The van der Waals surface area contributed by atoms with Gasteiger partial charge >= 0.3 is 5.97 Å². The smallest absolute Gasteiger partial charge is 0.303 e. The zero-order valence-electron chi connectivity index (χ0n) is 10.2. The largest absolute Gasteiger partial charge is 0.493 e. The molecule has 17 heavy (non-hydrogen) atoms. The molecule has 0 amide bonds. The molecular formula is C13H18O4. The maximum atomic E-state index is 10.6. The van der Waals surface area contributed by atoms with E-state index in [1.807, 2.05) is 25.1 Å². The van der Waals surface area contributed by atoms with Crippen LogP contribution < -0.4 is 9.47 Å². The molecule has 0 saturated heterocycles. The minimum absolute atomic E-state index is 0.0909. The Hall–Kier alpha value is -1.71. The number of carbonyl (C=O) groups is 1. The van der Waals surface area contributed by atoms with Gasteiger partial charge in [0.2, 0.25) is 0 Å². The second kappa shape index (κ2) is 6.78. The Morgan fingerprint density at radius 1 is 1.41 bits per heavy atom. The van der Waals surface area contributed by atoms with Crippen molar-refractivity contribution < 1.29 is 19.4 Å². The molecule has 0 radical (unpaired) electrons. The molecule has 0 aromatic heterocycles. The number of carboxylic acids is 1. The quantitative estimate of drug-likeness (QED) is 0.793. The van der Waals surface area contributed by atoms with Gasteiger partial charge in [0, 0.05) is 6.42 Å². The zero-order valence-corrected chi connectivity index (χ0v) is 10.2. The van der Waals surface area contributed by atoms with Crippen molar-refractivity contribution in [2.75, 3.05) is 13.7 Å². The van der Waals surface area contributed by atoms with Crippen molar-refractivity contribution in [2.24, 2.45) is 0 Å². The van der Waals surface area contributed by atoms with Crippen LogP contribution in [0.1, 0.15) is 25.3 Å². The number of hydrogen-bond acceptors (Lipinski definition) is 3. The maximum absolute atomic E-state index is 10.6. The second-order valence-electron chi connectivity index (χ2n) is 3.69. The predicted molar refractivity (Wildman–Crippen MR) is 64.7 cm³/mol. The number of ether oxygens (including phenoxy) is 2. The Balaban J connectivity index is 2.84. The summed E-state index contributed by atoms with van der Waals surface area (Å²) in [4.78, 5) is 10.6. The van der Waals surface area contributed by atoms with Crippen LogP contribution in [0.25, 0.3) is 0 Å². The fourth-order valence-electron chi connectivity index (χ4n) is 1.56. The molecule has 1 rings (SSSR count). The highest BCUT2D eigenvalue weighted by molar-refractivity contribution is 5.67. The Morgan fingerprint density at radius 2 is 2.18 bits per heavy atom. The Bertz CT molecular complexity index is 374. The van der Waals surface area contributed by atoms with Gasteiger partial charge in [0.1, 0.15) is 0 Å². The van der Waals surface area contributed by atoms with Crippen LogP contribution >= 0.6 is 0 Å². The maximum Gasteiger partial charge on any atom is 0.303 e. The number of para-hydroxylation sites is 1. The number of rotatable bonds is 7. The van der Waals surface area contributed by atoms with Gasteiger partial charge in [-0.2, -0.15) is 0 Å². The van der Waals surface area contributed by atoms with Crippen molar-refractivity contribution in [1.29, 1.82) is 0 Å². The van der Waals surface area contributed by atoms with Gasteiger partial charge in [-0.15, -0.1) is 0 Å². The molecule has 0 aliphatic heterocycles. The second-order valence-corrected chi connectivity index (χ2v) is 3.69. The van der Waals surface area contributed by atoms with Crippen LogP contribution in [0, 0.1) is 0 Å². The molecular weight excluding hydrogens is 220 g/mol. The van der Waals surface area contributed by atoms with Gasteiger partial charge in [-0.3, -0.25) is 4.79 Å². The summed E-state index contributed by atoms with van der Waals surface area (Å²) in [6.07, 6.45) is 1.46. The Labute approximate surface area is 101 Å². The fraction of sp³-hybridized carbons (Fsp3) is 0.462. The number of hydrogen-bond donors (Lipinski definition) is 1. The van der Waals surface area contributed by atoms with Gasteiger partial charge in [0.05, 0.1) is 13.7 Å². The minimum Gasteiger partial charge on any atom is -0.493 e. The molecule has 0 spiro atoms. The van der Waals surface area contributed by atoms with Gasteiger partial charge in [-0.25, -0.2) is 0 Å². The van der Waals surface area contributed by atoms with E-state index < -0.39 is 5.97 Å². The summed E-state index contributed by atoms with van der Waals surface area (Å²) in [5.41, 5.74) is 0.864. The molecule has 0 heterocycles. The lowest BCUT2D eigenvalue weighted by molar-refractivity contribution is -0.136. The highest BCUT2D eigenvalue weighted by Crippen LogP contribution is 2.31. The lowest BCUT2D eigenvalue weighted by Gasteiger charge is -2.13. The number of carboxylic acid groups (broad SMARTS) is 1. The van der Waals surface area contributed by atoms with Crippen LogP contribution in [-0.4, -0.2) is 24.8 Å². The Morgan fingerprint density at radius 3 is 2.76 bits per heavy atom. The van der Waals surface area contributed by atoms with Gasteiger partial charge < -0.3 is 14.6 Å². The summed E-state index contributed by atoms with van der Waals surface area (Å²) >= 11 is 0. The van der Waals surface area contributed by atoms with Crippen molar-refractivity contribution in [3.63, 3.8) is 0 Å². The molecule has 4 heteroatoms. The van der Waals surface area contributed by atoms with E-state index >= 15 is 0 Å². The van der Waals surface area contributed by atoms with E-state index in [2.05, 4.69) is 0 Å². The molecule has 1 aromatic rings. The lowest BCUT2D eigenvalue weighted by atomic mass is 10.1. The number of benzene rings is 1. The van der Waals surface area contributed by atoms with Gasteiger partial charge in [-0.05, 0) is 24.5 Å². The molecule has 4 nitrogen and oxygen atoms in total. The number of methoxy groups -OCH3 is 1. The van der Waals surface area contributed by atoms with Crippen LogP contribution in [0.4, 0.5) is 0 Å². The molecule has 0 aliphatic carbocycles. The van der Waals surface area contributed by atoms with Crippen molar-refractivity contribution in [3.05, 3.63) is 23.8 Å². The first-order valence-corrected chi connectivity index (χ1v) is 5.69. The summed E-state index contributed by atoms with van der Waals surface area (Å²) < 4.78 is 10.8. The van der Waals surface area contributed by atoms with Gasteiger partial charge in [0.25, 0.3) is 0 Å². The summed E-state index contributed by atoms with van der Waals surface area (Å²) in [6.45, 7) is 2.65. The third-order valence-electron chi connectivity index (χ3n) is 2.33. The molecule has 0 fully saturated rings. The normalized spacial score (nSPS) is 10.0. The highest BCUT2D eigenvalue weighted by Gasteiger charge is 2.11. The molecule has 1 N–H and O–H groups in total. The van der Waals surface area contributed by atoms with Gasteiger partial charge in [-0.1, -0.05) is 19.1 Å². The summed E-state index contributed by atoms with van der Waals surface area (Å²) in [5, 5.41) is 8.68. The molecule has 0 saturated carbocycles. The molecule has 1 aromatic carbocycles. The standard InChI is InChI=1S/C13H18O4/c1-3-9-17-11-6-4-5-10(13(11)16-2)7-8-12(14)15/h4-6H,3,7-9H2,1-2H3,(H,14,15). The zero-order chi connectivity index (χ0) is 12.7. The number of aryl methyl sites for hydroxylation is 1. The summed E-state index contributed by atoms with van der Waals surface area (Å²) in [5.74, 6) is 0.506. The molecule has 94 valence electrons. The monoisotopic (exact) mass is 238 g/mol. The van der Waals surface area contributed by atoms with Crippen LogP contribution in [0.5, 0.6) is 11.5 Å². The predicted octanol–water partition coefficient (Wildman–Crippen LogP) is 2.50. The number of aliphatic carboxylic acids is 1. The van der Waals surface area contributed by atoms with Crippen LogP contribution in [0.15, 0.2) is 18.2 Å². The molecule has 0 bridgehead atoms. The summed E-state index contributed by atoms with van der Waals surface area (Å²) in [6, 6.07) is 5.55. The average Bonchev–Trinajstić information content (AvgIpc) is 2.33. The fourth-order valence-corrected chi connectivity index (χ4v) is 1.56. The third-order valence-corrected chi connectivity index (χ3v) is 2.33. The van der Waals surface area contributed by atoms with Gasteiger partial charge in [0.15, 0.2) is 11.5 Å². The summed E-state index contributed by atoms with van der Waals surface area (Å²) in [7, 11) is 1.57. The average molecular weight is 238 g/mol. The van der Waals surface area contributed by atoms with E-state index in [0.29, 0.717) is 24.5 Å². The van der Waals surface area contributed by atoms with E-state index in [-0.39, 0.29) is 6.42 Å². The minimum atomic E-state index is -0.813. The van der Waals surface area contributed by atoms with E-state index in [0.717, 1.165) is 12.0 Å². The Kier molecular flexibility index (Phi) is 5.33. The van der Waals surface area contributed by atoms with E-state index in [9.17, 15) is 4.79 Å². The van der Waals surface area contributed by atoms with E-state index in [1.165, 1.54) is 0 Å². The van der Waals surface area contributed by atoms with Crippen LogP contribution in [0.2, 0.25) is 0 Å². The first-order chi connectivity index (χ1) is 8.19. The van der Waals surface area contributed by atoms with Crippen molar-refractivity contribution >= 4 is 5.97 Å². The first-order valence-electron chi connectivity index (χ1n) is 5.69. The topological polar surface area (TPSA) is 55.8 Å². The highest BCUT2D eigenvalue weighted by atomic mass is 16.5.